The average molecular weight is 251 g/mol. The van der Waals surface area contributed by atoms with Crippen molar-refractivity contribution >= 4 is 33.3 Å². The summed E-state index contributed by atoms with van der Waals surface area (Å²) in [5.74, 6) is 0.292. The SMILES string of the molecule is CCc1cc2c(=O)[nH]c(SCC#N)nc2s1. The number of thiophene rings is 1. The lowest BCUT2D eigenvalue weighted by atomic mass is 10.3. The normalized spacial score (nSPS) is 10.5. The van der Waals surface area contributed by atoms with E-state index in [2.05, 4.69) is 9.97 Å². The Morgan fingerprint density at radius 3 is 3.19 bits per heavy atom. The summed E-state index contributed by atoms with van der Waals surface area (Å²) in [6.07, 6.45) is 0.904. The lowest BCUT2D eigenvalue weighted by Gasteiger charge is -1.95. The molecule has 2 aromatic heterocycles. The number of nitriles is 1. The number of rotatable bonds is 3. The fourth-order valence-corrected chi connectivity index (χ4v) is 2.85. The maximum atomic E-state index is 11.7. The summed E-state index contributed by atoms with van der Waals surface area (Å²) in [6, 6.07) is 3.88. The van der Waals surface area contributed by atoms with Gasteiger partial charge in [-0.3, -0.25) is 4.79 Å². The van der Waals surface area contributed by atoms with E-state index in [1.165, 1.54) is 23.1 Å². The Morgan fingerprint density at radius 2 is 2.50 bits per heavy atom. The van der Waals surface area contributed by atoms with Crippen molar-refractivity contribution in [2.45, 2.75) is 18.5 Å². The molecule has 0 spiro atoms. The minimum atomic E-state index is -0.124. The third-order valence-electron chi connectivity index (χ3n) is 2.05. The van der Waals surface area contributed by atoms with E-state index in [4.69, 9.17) is 5.26 Å². The van der Waals surface area contributed by atoms with Crippen molar-refractivity contribution in [2.75, 3.05) is 5.75 Å². The summed E-state index contributed by atoms with van der Waals surface area (Å²) in [6.45, 7) is 2.05. The van der Waals surface area contributed by atoms with Gasteiger partial charge >= 0.3 is 0 Å². The first-order valence-electron chi connectivity index (χ1n) is 4.77. The van der Waals surface area contributed by atoms with Crippen LogP contribution in [0.1, 0.15) is 11.8 Å². The van der Waals surface area contributed by atoms with Crippen molar-refractivity contribution in [3.8, 4) is 6.07 Å². The molecule has 0 unspecified atom stereocenters. The van der Waals surface area contributed by atoms with Crippen molar-refractivity contribution in [3.63, 3.8) is 0 Å². The molecule has 0 aliphatic rings. The van der Waals surface area contributed by atoms with Gasteiger partial charge < -0.3 is 4.98 Å². The first kappa shape index (κ1) is 11.2. The highest BCUT2D eigenvalue weighted by molar-refractivity contribution is 7.99. The summed E-state index contributed by atoms with van der Waals surface area (Å²) >= 11 is 2.78. The number of aryl methyl sites for hydroxylation is 1. The van der Waals surface area contributed by atoms with E-state index >= 15 is 0 Å². The number of H-pyrrole nitrogens is 1. The average Bonchev–Trinajstić information content (AvgIpc) is 2.70. The molecule has 1 N–H and O–H groups in total. The van der Waals surface area contributed by atoms with Crippen molar-refractivity contribution in [2.24, 2.45) is 0 Å². The lowest BCUT2D eigenvalue weighted by Crippen LogP contribution is -2.07. The van der Waals surface area contributed by atoms with E-state index in [0.717, 1.165) is 16.1 Å². The monoisotopic (exact) mass is 251 g/mol. The van der Waals surface area contributed by atoms with Crippen LogP contribution < -0.4 is 5.56 Å². The fourth-order valence-electron chi connectivity index (χ4n) is 1.30. The Bertz CT molecular complexity index is 609. The molecule has 0 aliphatic carbocycles. The molecule has 0 bridgehead atoms. The van der Waals surface area contributed by atoms with Crippen molar-refractivity contribution in [1.29, 1.82) is 5.26 Å². The second-order valence-corrected chi connectivity index (χ2v) is 5.18. The van der Waals surface area contributed by atoms with Gasteiger partial charge in [0, 0.05) is 4.88 Å². The molecule has 0 fully saturated rings. The van der Waals surface area contributed by atoms with Gasteiger partial charge in [-0.25, -0.2) is 4.98 Å². The highest BCUT2D eigenvalue weighted by atomic mass is 32.2. The lowest BCUT2D eigenvalue weighted by molar-refractivity contribution is 0.982. The first-order chi connectivity index (χ1) is 7.74. The van der Waals surface area contributed by atoms with E-state index in [0.29, 0.717) is 16.3 Å². The summed E-state index contributed by atoms with van der Waals surface area (Å²) in [5, 5.41) is 9.62. The van der Waals surface area contributed by atoms with Crippen LogP contribution in [0.25, 0.3) is 10.2 Å². The third-order valence-corrected chi connectivity index (χ3v) is 3.97. The highest BCUT2D eigenvalue weighted by Crippen LogP contribution is 2.23. The molecule has 0 aliphatic heterocycles. The maximum absolute atomic E-state index is 11.7. The van der Waals surface area contributed by atoms with Crippen molar-refractivity contribution in [3.05, 3.63) is 21.3 Å². The fraction of sp³-hybridized carbons (Fsp3) is 0.300. The van der Waals surface area contributed by atoms with E-state index < -0.39 is 0 Å². The molecule has 2 rings (SSSR count). The van der Waals surface area contributed by atoms with Crippen LogP contribution >= 0.6 is 23.1 Å². The second kappa shape index (κ2) is 4.68. The van der Waals surface area contributed by atoms with Gasteiger partial charge in [0.2, 0.25) is 0 Å². The number of fused-ring (bicyclic) bond motifs is 1. The minimum absolute atomic E-state index is 0.124. The molecule has 0 amide bonds. The van der Waals surface area contributed by atoms with Crippen LogP contribution in [0.15, 0.2) is 16.0 Å². The predicted molar refractivity (Wildman–Crippen MR) is 66.0 cm³/mol. The van der Waals surface area contributed by atoms with Gasteiger partial charge in [-0.15, -0.1) is 11.3 Å². The van der Waals surface area contributed by atoms with Crippen molar-refractivity contribution in [1.82, 2.24) is 9.97 Å². The van der Waals surface area contributed by atoms with E-state index in [1.807, 2.05) is 19.1 Å². The number of nitrogens with zero attached hydrogens (tertiary/aromatic N) is 2. The van der Waals surface area contributed by atoms with Gasteiger partial charge in [-0.2, -0.15) is 5.26 Å². The van der Waals surface area contributed by atoms with Crippen LogP contribution in [-0.2, 0) is 6.42 Å². The molecular formula is C10H9N3OS2. The van der Waals surface area contributed by atoms with E-state index in [1.54, 1.807) is 0 Å². The largest absolute Gasteiger partial charge is 0.301 e. The Morgan fingerprint density at radius 1 is 1.69 bits per heavy atom. The summed E-state index contributed by atoms with van der Waals surface area (Å²) in [7, 11) is 0. The Hall–Kier alpha value is -1.32. The molecule has 2 heterocycles. The zero-order chi connectivity index (χ0) is 11.5. The van der Waals surface area contributed by atoms with Gasteiger partial charge in [-0.05, 0) is 12.5 Å². The molecule has 0 atom stereocenters. The molecule has 0 saturated heterocycles. The number of hydrogen-bond acceptors (Lipinski definition) is 5. The molecule has 82 valence electrons. The smallest absolute Gasteiger partial charge is 0.260 e. The topological polar surface area (TPSA) is 69.5 Å². The summed E-state index contributed by atoms with van der Waals surface area (Å²) < 4.78 is 0. The Kier molecular flexibility index (Phi) is 3.27. The van der Waals surface area contributed by atoms with E-state index in [-0.39, 0.29) is 5.56 Å². The quantitative estimate of drug-likeness (QED) is 0.670. The molecule has 0 aromatic carbocycles. The van der Waals surface area contributed by atoms with E-state index in [9.17, 15) is 4.79 Å². The maximum Gasteiger partial charge on any atom is 0.260 e. The standard InChI is InChI=1S/C10H9N3OS2/c1-2-6-5-7-8(14)12-10(15-4-3-11)13-9(7)16-6/h5H,2,4H2,1H3,(H,12,13,14). The van der Waals surface area contributed by atoms with Gasteiger partial charge in [0.1, 0.15) is 4.83 Å². The Labute approximate surface area is 100 Å². The van der Waals surface area contributed by atoms with Crippen LogP contribution in [0.3, 0.4) is 0 Å². The molecule has 2 aromatic rings. The van der Waals surface area contributed by atoms with Crippen LogP contribution in [0.5, 0.6) is 0 Å². The zero-order valence-electron chi connectivity index (χ0n) is 8.61. The van der Waals surface area contributed by atoms with Gasteiger partial charge in [0.05, 0.1) is 17.2 Å². The van der Waals surface area contributed by atoms with Crippen LogP contribution in [0.4, 0.5) is 0 Å². The minimum Gasteiger partial charge on any atom is -0.301 e. The van der Waals surface area contributed by atoms with Gasteiger partial charge in [0.15, 0.2) is 5.16 Å². The molecule has 16 heavy (non-hydrogen) atoms. The molecular weight excluding hydrogens is 242 g/mol. The first-order valence-corrected chi connectivity index (χ1v) is 6.57. The van der Waals surface area contributed by atoms with Gasteiger partial charge in [-0.1, -0.05) is 18.7 Å². The third kappa shape index (κ3) is 2.10. The van der Waals surface area contributed by atoms with Gasteiger partial charge in [0.25, 0.3) is 5.56 Å². The number of hydrogen-bond donors (Lipinski definition) is 1. The molecule has 0 radical (unpaired) electrons. The number of aromatic amines is 1. The van der Waals surface area contributed by atoms with Crippen LogP contribution in [0.2, 0.25) is 0 Å². The summed E-state index contributed by atoms with van der Waals surface area (Å²) in [5.41, 5.74) is -0.124. The molecule has 6 heteroatoms. The summed E-state index contributed by atoms with van der Waals surface area (Å²) in [4.78, 5) is 20.6. The Balaban J connectivity index is 2.50. The number of thioether (sulfide) groups is 1. The highest BCUT2D eigenvalue weighted by Gasteiger charge is 2.07. The molecule has 4 nitrogen and oxygen atoms in total. The molecule has 0 saturated carbocycles. The zero-order valence-corrected chi connectivity index (χ0v) is 10.2. The predicted octanol–water partition coefficient (Wildman–Crippen LogP) is 2.16. The van der Waals surface area contributed by atoms with Crippen molar-refractivity contribution < 1.29 is 0 Å². The second-order valence-electron chi connectivity index (χ2n) is 3.10. The number of aromatic nitrogens is 2. The number of nitrogens with one attached hydrogen (secondary N) is 1. The van der Waals surface area contributed by atoms with Crippen LogP contribution in [0, 0.1) is 11.3 Å². The van der Waals surface area contributed by atoms with Crippen LogP contribution in [-0.4, -0.2) is 15.7 Å².